The van der Waals surface area contributed by atoms with Crippen molar-refractivity contribution in [2.45, 2.75) is 33.1 Å². The summed E-state index contributed by atoms with van der Waals surface area (Å²) < 4.78 is 0. The fraction of sp³-hybridized carbons (Fsp3) is 0.615. The molecule has 0 aromatic carbocycles. The molecular formula is C13H21N5. The normalized spacial score (nSPS) is 9.89. The van der Waals surface area contributed by atoms with Crippen LogP contribution in [0.4, 0.5) is 11.6 Å². The summed E-state index contributed by atoms with van der Waals surface area (Å²) in [6, 6.07) is 4.07. The first-order chi connectivity index (χ1) is 8.67. The summed E-state index contributed by atoms with van der Waals surface area (Å²) in [5.74, 6) is 2.46. The number of hydrogen-bond acceptors (Lipinski definition) is 5. The van der Waals surface area contributed by atoms with Gasteiger partial charge >= 0.3 is 0 Å². The minimum absolute atomic E-state index is 0.498. The molecule has 5 heteroatoms. The molecule has 5 nitrogen and oxygen atoms in total. The Bertz CT molecular complexity index is 410. The highest BCUT2D eigenvalue weighted by atomic mass is 15.2. The van der Waals surface area contributed by atoms with E-state index in [1.54, 1.807) is 0 Å². The molecule has 0 saturated heterocycles. The summed E-state index contributed by atoms with van der Waals surface area (Å²) >= 11 is 0. The Balaban J connectivity index is 2.71. The maximum Gasteiger partial charge on any atom is 0.134 e. The lowest BCUT2D eigenvalue weighted by Gasteiger charge is -2.17. The highest BCUT2D eigenvalue weighted by Gasteiger charge is 2.06. The van der Waals surface area contributed by atoms with E-state index in [1.807, 2.05) is 24.9 Å². The average molecular weight is 247 g/mol. The predicted octanol–water partition coefficient (Wildman–Crippen LogP) is 2.35. The molecular weight excluding hydrogens is 226 g/mol. The summed E-state index contributed by atoms with van der Waals surface area (Å²) in [5, 5.41) is 11.9. The van der Waals surface area contributed by atoms with Crippen molar-refractivity contribution in [2.75, 3.05) is 30.4 Å². The van der Waals surface area contributed by atoms with Crippen LogP contribution in [0.15, 0.2) is 6.07 Å². The van der Waals surface area contributed by atoms with Crippen molar-refractivity contribution >= 4 is 11.6 Å². The number of unbranched alkanes of at least 4 members (excludes halogenated alkanes) is 1. The molecule has 1 aromatic rings. The van der Waals surface area contributed by atoms with E-state index in [-0.39, 0.29) is 0 Å². The summed E-state index contributed by atoms with van der Waals surface area (Å²) in [6.45, 7) is 5.65. The lowest BCUT2D eigenvalue weighted by molar-refractivity contribution is 0.826. The van der Waals surface area contributed by atoms with Gasteiger partial charge in [0.05, 0.1) is 12.5 Å². The smallest absolute Gasteiger partial charge is 0.134 e. The molecule has 1 rings (SSSR count). The third-order valence-corrected chi connectivity index (χ3v) is 2.61. The van der Waals surface area contributed by atoms with Crippen molar-refractivity contribution in [3.05, 3.63) is 11.9 Å². The standard InChI is InChI=1S/C13H21N5/c1-4-5-8-15-12-10-13(17-11(2)16-12)18(3)9-6-7-14/h10H,4-6,8-9H2,1-3H3,(H,15,16,17). The van der Waals surface area contributed by atoms with Gasteiger partial charge in [-0.2, -0.15) is 5.26 Å². The number of hydrogen-bond donors (Lipinski definition) is 1. The molecule has 0 spiro atoms. The second kappa shape index (κ2) is 7.49. The Morgan fingerprint density at radius 1 is 1.44 bits per heavy atom. The highest BCUT2D eigenvalue weighted by Crippen LogP contribution is 2.14. The van der Waals surface area contributed by atoms with Crippen LogP contribution in [0, 0.1) is 18.3 Å². The van der Waals surface area contributed by atoms with Crippen LogP contribution in [0.25, 0.3) is 0 Å². The summed E-state index contributed by atoms with van der Waals surface area (Å²) in [6.07, 6.45) is 2.78. The fourth-order valence-corrected chi connectivity index (χ4v) is 1.56. The molecule has 1 N–H and O–H groups in total. The number of rotatable bonds is 7. The third-order valence-electron chi connectivity index (χ3n) is 2.61. The molecule has 98 valence electrons. The van der Waals surface area contributed by atoms with Gasteiger partial charge in [0.25, 0.3) is 0 Å². The molecule has 18 heavy (non-hydrogen) atoms. The van der Waals surface area contributed by atoms with Crippen LogP contribution in [0.3, 0.4) is 0 Å². The van der Waals surface area contributed by atoms with Gasteiger partial charge in [-0.3, -0.25) is 0 Å². The molecule has 0 saturated carbocycles. The first-order valence-corrected chi connectivity index (χ1v) is 6.35. The van der Waals surface area contributed by atoms with E-state index >= 15 is 0 Å². The molecule has 0 fully saturated rings. The van der Waals surface area contributed by atoms with E-state index < -0.39 is 0 Å². The van der Waals surface area contributed by atoms with Crippen LogP contribution in [-0.2, 0) is 0 Å². The zero-order valence-corrected chi connectivity index (χ0v) is 11.4. The molecule has 0 radical (unpaired) electrons. The number of nitriles is 1. The molecule has 0 aliphatic carbocycles. The minimum Gasteiger partial charge on any atom is -0.370 e. The monoisotopic (exact) mass is 247 g/mol. The summed E-state index contributed by atoms with van der Waals surface area (Å²) in [7, 11) is 1.94. The van der Waals surface area contributed by atoms with Crippen LogP contribution >= 0.6 is 0 Å². The maximum atomic E-state index is 8.59. The fourth-order valence-electron chi connectivity index (χ4n) is 1.56. The lowest BCUT2D eigenvalue weighted by atomic mass is 10.3. The average Bonchev–Trinajstić information content (AvgIpc) is 2.35. The number of anilines is 2. The topological polar surface area (TPSA) is 64.8 Å². The number of aryl methyl sites for hydroxylation is 1. The lowest BCUT2D eigenvalue weighted by Crippen LogP contribution is -2.20. The molecule has 0 atom stereocenters. The number of nitrogens with zero attached hydrogens (tertiary/aromatic N) is 4. The Kier molecular flexibility index (Phi) is 5.92. The molecule has 0 amide bonds. The van der Waals surface area contributed by atoms with Crippen molar-refractivity contribution in [3.63, 3.8) is 0 Å². The Morgan fingerprint density at radius 2 is 2.22 bits per heavy atom. The second-order valence-electron chi connectivity index (χ2n) is 4.27. The van der Waals surface area contributed by atoms with Gasteiger partial charge in [0.1, 0.15) is 17.5 Å². The first-order valence-electron chi connectivity index (χ1n) is 6.35. The van der Waals surface area contributed by atoms with Crippen LogP contribution in [-0.4, -0.2) is 30.1 Å². The van der Waals surface area contributed by atoms with Crippen molar-refractivity contribution in [3.8, 4) is 6.07 Å². The van der Waals surface area contributed by atoms with Gasteiger partial charge in [-0.15, -0.1) is 0 Å². The van der Waals surface area contributed by atoms with E-state index in [1.165, 1.54) is 0 Å². The molecule has 1 aromatic heterocycles. The highest BCUT2D eigenvalue weighted by molar-refractivity contribution is 5.48. The van der Waals surface area contributed by atoms with Crippen molar-refractivity contribution in [1.29, 1.82) is 5.26 Å². The van der Waals surface area contributed by atoms with Crippen molar-refractivity contribution < 1.29 is 0 Å². The third kappa shape index (κ3) is 4.58. The molecule has 0 bridgehead atoms. The maximum absolute atomic E-state index is 8.59. The van der Waals surface area contributed by atoms with Gasteiger partial charge < -0.3 is 10.2 Å². The Morgan fingerprint density at radius 3 is 2.89 bits per heavy atom. The van der Waals surface area contributed by atoms with Crippen LogP contribution < -0.4 is 10.2 Å². The molecule has 0 aliphatic rings. The quantitative estimate of drug-likeness (QED) is 0.749. The zero-order chi connectivity index (χ0) is 13.4. The zero-order valence-electron chi connectivity index (χ0n) is 11.4. The van der Waals surface area contributed by atoms with Gasteiger partial charge in [0.2, 0.25) is 0 Å². The number of aromatic nitrogens is 2. The SMILES string of the molecule is CCCCNc1cc(N(C)CCC#N)nc(C)n1. The van der Waals surface area contributed by atoms with Gasteiger partial charge in [-0.25, -0.2) is 9.97 Å². The summed E-state index contributed by atoms with van der Waals surface area (Å²) in [5.41, 5.74) is 0. The van der Waals surface area contributed by atoms with E-state index in [4.69, 9.17) is 5.26 Å². The van der Waals surface area contributed by atoms with Gasteiger partial charge in [-0.1, -0.05) is 13.3 Å². The van der Waals surface area contributed by atoms with E-state index in [9.17, 15) is 0 Å². The van der Waals surface area contributed by atoms with Crippen LogP contribution in [0.1, 0.15) is 32.0 Å². The van der Waals surface area contributed by atoms with Crippen molar-refractivity contribution in [2.24, 2.45) is 0 Å². The van der Waals surface area contributed by atoms with Crippen molar-refractivity contribution in [1.82, 2.24) is 9.97 Å². The summed E-state index contributed by atoms with van der Waals surface area (Å²) in [4.78, 5) is 10.7. The van der Waals surface area contributed by atoms with Crippen LogP contribution in [0.2, 0.25) is 0 Å². The largest absolute Gasteiger partial charge is 0.370 e. The molecule has 0 unspecified atom stereocenters. The Hall–Kier alpha value is -1.83. The van der Waals surface area contributed by atoms with E-state index in [0.29, 0.717) is 13.0 Å². The van der Waals surface area contributed by atoms with Gasteiger partial charge in [-0.05, 0) is 13.3 Å². The van der Waals surface area contributed by atoms with Crippen LogP contribution in [0.5, 0.6) is 0 Å². The first kappa shape index (κ1) is 14.2. The minimum atomic E-state index is 0.498. The van der Waals surface area contributed by atoms with Gasteiger partial charge in [0, 0.05) is 26.2 Å². The number of nitrogens with one attached hydrogen (secondary N) is 1. The van der Waals surface area contributed by atoms with Gasteiger partial charge in [0.15, 0.2) is 0 Å². The molecule has 0 aliphatic heterocycles. The molecule has 1 heterocycles. The second-order valence-corrected chi connectivity index (χ2v) is 4.27. The van der Waals surface area contributed by atoms with E-state index in [2.05, 4.69) is 28.3 Å². The van der Waals surface area contributed by atoms with E-state index in [0.717, 1.165) is 36.8 Å². The predicted molar refractivity (Wildman–Crippen MR) is 73.7 cm³/mol. The Labute approximate surface area is 109 Å².